The number of aryl methyl sites for hydroxylation is 2. The molecular weight excluding hydrogens is 316 g/mol. The van der Waals surface area contributed by atoms with Gasteiger partial charge in [0.15, 0.2) is 0 Å². The molecule has 0 bridgehead atoms. The van der Waals surface area contributed by atoms with Gasteiger partial charge in [0.25, 0.3) is 0 Å². The van der Waals surface area contributed by atoms with Crippen molar-refractivity contribution in [1.82, 2.24) is 14.9 Å². The number of rotatable bonds is 6. The molecule has 1 aromatic rings. The fourth-order valence-corrected chi connectivity index (χ4v) is 4.08. The minimum atomic E-state index is -0.133. The molecule has 6 heteroatoms. The Morgan fingerprint density at radius 3 is 2.56 bits per heavy atom. The molecule has 6 nitrogen and oxygen atoms in total. The predicted molar refractivity (Wildman–Crippen MR) is 98.7 cm³/mol. The molecule has 0 spiro atoms. The second kappa shape index (κ2) is 8.43. The highest BCUT2D eigenvalue weighted by molar-refractivity contribution is 5.41. The molecule has 1 aromatic heterocycles. The van der Waals surface area contributed by atoms with Gasteiger partial charge in [-0.05, 0) is 32.1 Å². The minimum absolute atomic E-state index is 0.133. The van der Waals surface area contributed by atoms with Crippen LogP contribution in [0, 0.1) is 18.8 Å². The molecule has 0 aromatic carbocycles. The molecule has 2 fully saturated rings. The Morgan fingerprint density at radius 2 is 1.88 bits per heavy atom. The molecule has 3 rings (SSSR count). The number of anilines is 1. The van der Waals surface area contributed by atoms with Crippen molar-refractivity contribution in [3.8, 4) is 0 Å². The van der Waals surface area contributed by atoms with Gasteiger partial charge in [-0.2, -0.15) is 0 Å². The fraction of sp³-hybridized carbons (Fsp3) is 0.789. The van der Waals surface area contributed by atoms with Gasteiger partial charge in [-0.25, -0.2) is 9.97 Å². The lowest BCUT2D eigenvalue weighted by Crippen LogP contribution is -2.40. The summed E-state index contributed by atoms with van der Waals surface area (Å²) in [6.07, 6.45) is 3.56. The van der Waals surface area contributed by atoms with E-state index in [1.807, 2.05) is 6.92 Å². The molecule has 2 saturated heterocycles. The maximum Gasteiger partial charge on any atom is 0.132 e. The van der Waals surface area contributed by atoms with Crippen LogP contribution in [0.5, 0.6) is 0 Å². The second-order valence-corrected chi connectivity index (χ2v) is 7.67. The quantitative estimate of drug-likeness (QED) is 0.806. The van der Waals surface area contributed by atoms with Crippen LogP contribution in [-0.2, 0) is 6.42 Å². The van der Waals surface area contributed by atoms with E-state index in [9.17, 15) is 10.2 Å². The first-order valence-electron chi connectivity index (χ1n) is 9.69. The van der Waals surface area contributed by atoms with Gasteiger partial charge in [0.2, 0.25) is 0 Å². The lowest BCUT2D eigenvalue weighted by Gasteiger charge is -2.32. The lowest BCUT2D eigenvalue weighted by atomic mass is 9.95. The number of nitrogens with zero attached hydrogens (tertiary/aromatic N) is 4. The highest BCUT2D eigenvalue weighted by Crippen LogP contribution is 2.29. The number of hydrogen-bond acceptors (Lipinski definition) is 6. The molecule has 2 atom stereocenters. The Hall–Kier alpha value is -1.24. The van der Waals surface area contributed by atoms with Gasteiger partial charge >= 0.3 is 0 Å². The summed E-state index contributed by atoms with van der Waals surface area (Å²) in [5.41, 5.74) is 1.02. The molecule has 140 valence electrons. The van der Waals surface area contributed by atoms with E-state index in [1.165, 1.54) is 0 Å². The predicted octanol–water partition coefficient (Wildman–Crippen LogP) is 1.24. The molecule has 3 heterocycles. The van der Waals surface area contributed by atoms with Gasteiger partial charge in [-0.1, -0.05) is 6.92 Å². The van der Waals surface area contributed by atoms with Gasteiger partial charge in [-0.3, -0.25) is 0 Å². The van der Waals surface area contributed by atoms with Crippen molar-refractivity contribution < 1.29 is 10.2 Å². The van der Waals surface area contributed by atoms with E-state index >= 15 is 0 Å². The highest BCUT2D eigenvalue weighted by atomic mass is 16.3. The van der Waals surface area contributed by atoms with Crippen LogP contribution in [0.4, 0.5) is 5.82 Å². The largest absolute Gasteiger partial charge is 0.396 e. The summed E-state index contributed by atoms with van der Waals surface area (Å²) in [6.45, 7) is 9.12. The maximum atomic E-state index is 9.85. The molecule has 0 saturated carbocycles. The smallest absolute Gasteiger partial charge is 0.132 e. The van der Waals surface area contributed by atoms with Crippen molar-refractivity contribution in [3.05, 3.63) is 17.6 Å². The van der Waals surface area contributed by atoms with Crippen molar-refractivity contribution >= 4 is 5.82 Å². The van der Waals surface area contributed by atoms with Crippen molar-refractivity contribution in [2.45, 2.75) is 45.6 Å². The number of piperidine rings is 1. The maximum absolute atomic E-state index is 9.85. The molecule has 2 aliphatic heterocycles. The van der Waals surface area contributed by atoms with E-state index in [0.717, 1.165) is 75.7 Å². The third-order valence-electron chi connectivity index (χ3n) is 5.55. The van der Waals surface area contributed by atoms with Crippen LogP contribution in [0.2, 0.25) is 0 Å². The first kappa shape index (κ1) is 18.5. The standard InChI is InChI=1S/C19H32N4O2/c1-3-4-18-20-14(2)9-19(21-18)23-11-15(16(12-23)13-24)10-22-7-5-17(25)6-8-22/h9,15-17,24-25H,3-8,10-13H2,1-2H3/t15-,16-/m1/s1. The van der Waals surface area contributed by atoms with Crippen molar-refractivity contribution in [3.63, 3.8) is 0 Å². The minimum Gasteiger partial charge on any atom is -0.396 e. The number of aliphatic hydroxyl groups is 2. The lowest BCUT2D eigenvalue weighted by molar-refractivity contribution is 0.0687. The van der Waals surface area contributed by atoms with Gasteiger partial charge in [0.1, 0.15) is 11.6 Å². The van der Waals surface area contributed by atoms with E-state index in [1.54, 1.807) is 0 Å². The van der Waals surface area contributed by atoms with Crippen molar-refractivity contribution in [2.24, 2.45) is 11.8 Å². The molecule has 0 unspecified atom stereocenters. The first-order valence-corrected chi connectivity index (χ1v) is 9.69. The van der Waals surface area contributed by atoms with Crippen LogP contribution in [0.15, 0.2) is 6.07 Å². The Bertz CT molecular complexity index is 560. The summed E-state index contributed by atoms with van der Waals surface area (Å²) in [4.78, 5) is 14.0. The van der Waals surface area contributed by atoms with Crippen molar-refractivity contribution in [1.29, 1.82) is 0 Å². The van der Waals surface area contributed by atoms with Gasteiger partial charge < -0.3 is 20.0 Å². The van der Waals surface area contributed by atoms with Crippen LogP contribution < -0.4 is 4.90 Å². The van der Waals surface area contributed by atoms with E-state index in [4.69, 9.17) is 4.98 Å². The topological polar surface area (TPSA) is 72.7 Å². The second-order valence-electron chi connectivity index (χ2n) is 7.67. The summed E-state index contributed by atoms with van der Waals surface area (Å²) < 4.78 is 0. The molecule has 25 heavy (non-hydrogen) atoms. The summed E-state index contributed by atoms with van der Waals surface area (Å²) in [5.74, 6) is 2.67. The molecule has 0 radical (unpaired) electrons. The zero-order chi connectivity index (χ0) is 17.8. The summed E-state index contributed by atoms with van der Waals surface area (Å²) in [5, 5.41) is 19.5. The monoisotopic (exact) mass is 348 g/mol. The summed E-state index contributed by atoms with van der Waals surface area (Å²) >= 11 is 0. The Morgan fingerprint density at radius 1 is 1.16 bits per heavy atom. The van der Waals surface area contributed by atoms with E-state index in [0.29, 0.717) is 5.92 Å². The van der Waals surface area contributed by atoms with Crippen LogP contribution >= 0.6 is 0 Å². The number of aromatic nitrogens is 2. The Balaban J connectivity index is 1.66. The fourth-order valence-electron chi connectivity index (χ4n) is 4.08. The zero-order valence-corrected chi connectivity index (χ0v) is 15.6. The van der Waals surface area contributed by atoms with E-state index in [2.05, 4.69) is 27.8 Å². The third kappa shape index (κ3) is 4.68. The van der Waals surface area contributed by atoms with E-state index in [-0.39, 0.29) is 18.6 Å². The normalized spacial score (nSPS) is 25.7. The highest BCUT2D eigenvalue weighted by Gasteiger charge is 2.35. The van der Waals surface area contributed by atoms with Gasteiger partial charge in [0, 0.05) is 63.4 Å². The third-order valence-corrected chi connectivity index (χ3v) is 5.55. The van der Waals surface area contributed by atoms with Crippen LogP contribution in [-0.4, -0.2) is 70.5 Å². The molecule has 0 amide bonds. The first-order chi connectivity index (χ1) is 12.1. The Labute approximate surface area is 150 Å². The van der Waals surface area contributed by atoms with Crippen LogP contribution in [0.1, 0.15) is 37.7 Å². The summed E-state index contributed by atoms with van der Waals surface area (Å²) in [7, 11) is 0. The number of likely N-dealkylation sites (tertiary alicyclic amines) is 1. The molecule has 2 aliphatic rings. The Kier molecular flexibility index (Phi) is 6.25. The average molecular weight is 348 g/mol. The van der Waals surface area contributed by atoms with Gasteiger partial charge in [0.05, 0.1) is 6.10 Å². The molecule has 0 aliphatic carbocycles. The molecule has 2 N–H and O–H groups in total. The summed E-state index contributed by atoms with van der Waals surface area (Å²) in [6, 6.07) is 2.06. The number of hydrogen-bond donors (Lipinski definition) is 2. The number of aliphatic hydroxyl groups excluding tert-OH is 2. The van der Waals surface area contributed by atoms with Gasteiger partial charge in [-0.15, -0.1) is 0 Å². The SMILES string of the molecule is CCCc1nc(C)cc(N2C[C@@H](CN3CCC(O)CC3)[C@@H](CO)C2)n1. The average Bonchev–Trinajstić information content (AvgIpc) is 3.00. The van der Waals surface area contributed by atoms with Crippen molar-refractivity contribution in [2.75, 3.05) is 44.2 Å². The van der Waals surface area contributed by atoms with E-state index < -0.39 is 0 Å². The van der Waals surface area contributed by atoms with Crippen LogP contribution in [0.25, 0.3) is 0 Å². The van der Waals surface area contributed by atoms with Crippen LogP contribution in [0.3, 0.4) is 0 Å². The zero-order valence-electron chi connectivity index (χ0n) is 15.6. The molecular formula is C19H32N4O2.